The monoisotopic (exact) mass is 438 g/mol. The summed E-state index contributed by atoms with van der Waals surface area (Å²) in [5.41, 5.74) is 1.27. The van der Waals surface area contributed by atoms with Crippen molar-refractivity contribution < 1.29 is 10.2 Å². The molecular weight excluding hydrogens is 387 g/mol. The zero-order valence-corrected chi connectivity index (χ0v) is 20.9. The van der Waals surface area contributed by atoms with E-state index in [4.69, 9.17) is 0 Å². The van der Waals surface area contributed by atoms with Crippen molar-refractivity contribution in [3.05, 3.63) is 35.9 Å². The van der Waals surface area contributed by atoms with Crippen molar-refractivity contribution >= 4 is 7.26 Å². The molecule has 0 atom stereocenters. The third kappa shape index (κ3) is 13.8. The van der Waals surface area contributed by atoms with Gasteiger partial charge in [-0.3, -0.25) is 0 Å². The molecule has 0 radical (unpaired) electrons. The Balaban J connectivity index is 1.95. The van der Waals surface area contributed by atoms with E-state index in [0.717, 1.165) is 12.3 Å². The molecule has 2 N–H and O–H groups in total. The quantitative estimate of drug-likeness (QED) is 0.150. The molecule has 3 heteroatoms. The maximum atomic E-state index is 9.97. The van der Waals surface area contributed by atoms with Gasteiger partial charge in [0.05, 0.1) is 0 Å². The van der Waals surface area contributed by atoms with Crippen molar-refractivity contribution in [1.82, 2.24) is 0 Å². The van der Waals surface area contributed by atoms with E-state index in [-0.39, 0.29) is 12.7 Å². The van der Waals surface area contributed by atoms with Crippen LogP contribution in [0.2, 0.25) is 0 Å². The number of rotatable bonds is 21. The van der Waals surface area contributed by atoms with Crippen LogP contribution in [0.3, 0.4) is 0 Å². The molecule has 0 saturated carbocycles. The van der Waals surface area contributed by atoms with Gasteiger partial charge >= 0.3 is 149 Å². The van der Waals surface area contributed by atoms with Crippen molar-refractivity contribution in [2.75, 3.05) is 18.9 Å². The first-order valence-electron chi connectivity index (χ1n) is 13.0. The topological polar surface area (TPSA) is 40.5 Å². The third-order valence-corrected chi connectivity index (χ3v) is 10.6. The summed E-state index contributed by atoms with van der Waals surface area (Å²) in [5.74, 6) is 0. The van der Waals surface area contributed by atoms with E-state index in [1.165, 1.54) is 108 Å². The Bertz CT molecular complexity index is 473. The van der Waals surface area contributed by atoms with Crippen molar-refractivity contribution in [2.45, 2.75) is 116 Å². The van der Waals surface area contributed by atoms with Crippen LogP contribution in [0.25, 0.3) is 0 Å². The number of hydrogen-bond donors (Lipinski definition) is 2. The molecule has 1 aromatic rings. The number of unbranched alkanes of at least 4 members (excludes halogenated alkanes) is 15. The zero-order chi connectivity index (χ0) is 21.8. The predicted octanol–water partition coefficient (Wildman–Crippen LogP) is 8.10. The van der Waals surface area contributed by atoms with E-state index in [0.29, 0.717) is 0 Å². The van der Waals surface area contributed by atoms with E-state index in [1.807, 2.05) is 6.07 Å². The average molecular weight is 439 g/mol. The molecule has 0 saturated heterocycles. The predicted molar refractivity (Wildman–Crippen MR) is 137 cm³/mol. The standard InChI is InChI=1S/C27H51O2P/c1-2-3-4-5-6-7-8-9-10-11-12-13-14-15-16-20-23-30(25-28,26-29)24-27-21-18-17-19-22-27/h17-19,21-22,28-30H,2-16,20,23-26H2,1H3. The second-order valence-corrected chi connectivity index (χ2v) is 14.0. The van der Waals surface area contributed by atoms with Gasteiger partial charge in [-0.2, -0.15) is 0 Å². The van der Waals surface area contributed by atoms with E-state index >= 15 is 0 Å². The zero-order valence-electron chi connectivity index (χ0n) is 19.9. The van der Waals surface area contributed by atoms with Crippen LogP contribution in [0.15, 0.2) is 30.3 Å². The maximum absolute atomic E-state index is 9.97. The van der Waals surface area contributed by atoms with Crippen molar-refractivity contribution in [1.29, 1.82) is 0 Å². The second-order valence-electron chi connectivity index (χ2n) is 9.53. The molecular formula is C27H51O2P. The van der Waals surface area contributed by atoms with E-state index < -0.39 is 7.26 Å². The first kappa shape index (κ1) is 27.6. The third-order valence-electron chi connectivity index (χ3n) is 6.65. The van der Waals surface area contributed by atoms with Gasteiger partial charge < -0.3 is 0 Å². The summed E-state index contributed by atoms with van der Waals surface area (Å²) in [7, 11) is -1.98. The SMILES string of the molecule is CCCCCCCCCCCCCCCCCC[PH](CO)(CO)Cc1ccccc1. The molecule has 1 aromatic carbocycles. The summed E-state index contributed by atoms with van der Waals surface area (Å²) in [6.45, 7) is 2.29. The Morgan fingerprint density at radius 1 is 0.567 bits per heavy atom. The van der Waals surface area contributed by atoms with Crippen LogP contribution < -0.4 is 0 Å². The van der Waals surface area contributed by atoms with Gasteiger partial charge in [0, 0.05) is 0 Å². The molecule has 0 aliphatic rings. The van der Waals surface area contributed by atoms with Gasteiger partial charge in [0.15, 0.2) is 0 Å². The van der Waals surface area contributed by atoms with Gasteiger partial charge in [0.2, 0.25) is 0 Å². The molecule has 0 aliphatic carbocycles. The fraction of sp³-hybridized carbons (Fsp3) is 0.778. The molecule has 0 amide bonds. The van der Waals surface area contributed by atoms with Crippen LogP contribution in [0.5, 0.6) is 0 Å². The van der Waals surface area contributed by atoms with Crippen LogP contribution in [0, 0.1) is 0 Å². The molecule has 30 heavy (non-hydrogen) atoms. The summed E-state index contributed by atoms with van der Waals surface area (Å²) in [4.78, 5) is 0. The number of aliphatic hydroxyl groups is 2. The Labute approximate surface area is 188 Å². The minimum atomic E-state index is -1.98. The Hall–Kier alpha value is -0.430. The second kappa shape index (κ2) is 19.3. The minimum absolute atomic E-state index is 0.205. The number of hydrogen-bond acceptors (Lipinski definition) is 2. The Kier molecular flexibility index (Phi) is 17.7. The first-order valence-corrected chi connectivity index (χ1v) is 15.8. The molecule has 0 spiro atoms. The molecule has 1 rings (SSSR count). The van der Waals surface area contributed by atoms with Crippen LogP contribution in [-0.2, 0) is 6.16 Å². The fourth-order valence-electron chi connectivity index (χ4n) is 4.49. The van der Waals surface area contributed by atoms with Crippen LogP contribution in [0.1, 0.15) is 115 Å². The van der Waals surface area contributed by atoms with Gasteiger partial charge in [-0.25, -0.2) is 0 Å². The summed E-state index contributed by atoms with van der Waals surface area (Å²) in [6.07, 6.45) is 24.5. The molecule has 176 valence electrons. The molecule has 0 bridgehead atoms. The molecule has 0 fully saturated rings. The van der Waals surface area contributed by atoms with Gasteiger partial charge in [-0.15, -0.1) is 0 Å². The normalized spacial score (nSPS) is 12.4. The van der Waals surface area contributed by atoms with Crippen LogP contribution in [-0.4, -0.2) is 29.1 Å². The fourth-order valence-corrected chi connectivity index (χ4v) is 7.40. The van der Waals surface area contributed by atoms with Crippen molar-refractivity contribution in [3.8, 4) is 0 Å². The van der Waals surface area contributed by atoms with Crippen LogP contribution in [0.4, 0.5) is 0 Å². The van der Waals surface area contributed by atoms with Gasteiger partial charge in [0.25, 0.3) is 0 Å². The van der Waals surface area contributed by atoms with E-state index in [1.54, 1.807) is 0 Å². The summed E-state index contributed by atoms with van der Waals surface area (Å²) < 4.78 is 0. The Morgan fingerprint density at radius 2 is 0.967 bits per heavy atom. The summed E-state index contributed by atoms with van der Waals surface area (Å²) in [6, 6.07) is 10.4. The van der Waals surface area contributed by atoms with Gasteiger partial charge in [-0.1, -0.05) is 39.0 Å². The van der Waals surface area contributed by atoms with Crippen LogP contribution >= 0.6 is 7.26 Å². The van der Waals surface area contributed by atoms with Crippen molar-refractivity contribution in [3.63, 3.8) is 0 Å². The molecule has 0 aromatic heterocycles. The molecule has 2 nitrogen and oxygen atoms in total. The molecule has 0 heterocycles. The molecule has 0 aliphatic heterocycles. The number of aliphatic hydroxyl groups excluding tert-OH is 2. The number of benzene rings is 1. The van der Waals surface area contributed by atoms with Gasteiger partial charge in [0.1, 0.15) is 0 Å². The first-order chi connectivity index (χ1) is 14.8. The van der Waals surface area contributed by atoms with E-state index in [2.05, 4.69) is 31.2 Å². The van der Waals surface area contributed by atoms with E-state index in [9.17, 15) is 10.2 Å². The Morgan fingerprint density at radius 3 is 1.37 bits per heavy atom. The van der Waals surface area contributed by atoms with Gasteiger partial charge in [-0.05, 0) is 0 Å². The summed E-state index contributed by atoms with van der Waals surface area (Å²) >= 11 is 0. The van der Waals surface area contributed by atoms with Crippen molar-refractivity contribution in [2.24, 2.45) is 0 Å². The summed E-state index contributed by atoms with van der Waals surface area (Å²) in [5, 5.41) is 19.9. The average Bonchev–Trinajstić information content (AvgIpc) is 2.78. The molecule has 0 unspecified atom stereocenters.